The number of morpholine rings is 1. The summed E-state index contributed by atoms with van der Waals surface area (Å²) in [5, 5.41) is 12.9. The largest absolute Gasteiger partial charge is 0.480 e. The van der Waals surface area contributed by atoms with E-state index in [0.717, 1.165) is 22.1 Å². The Kier molecular flexibility index (Phi) is 4.71. The van der Waals surface area contributed by atoms with Crippen LogP contribution < -0.4 is 5.32 Å². The highest BCUT2D eigenvalue weighted by molar-refractivity contribution is 5.86. The second-order valence-electron chi connectivity index (χ2n) is 5.86. The highest BCUT2D eigenvalue weighted by atomic mass is 16.5. The summed E-state index contributed by atoms with van der Waals surface area (Å²) < 4.78 is 10.7. The SMILES string of the molecule is Cc1cccc2c(CC(NC(=O)N3CCOCC3)C(=O)O)coc12. The summed E-state index contributed by atoms with van der Waals surface area (Å²) in [6.07, 6.45) is 1.73. The van der Waals surface area contributed by atoms with Crippen molar-refractivity contribution in [1.29, 1.82) is 0 Å². The Hall–Kier alpha value is -2.54. The van der Waals surface area contributed by atoms with Crippen molar-refractivity contribution in [3.63, 3.8) is 0 Å². The second-order valence-corrected chi connectivity index (χ2v) is 5.86. The normalized spacial score (nSPS) is 16.1. The van der Waals surface area contributed by atoms with Gasteiger partial charge in [-0.2, -0.15) is 0 Å². The minimum atomic E-state index is -1.07. The first kappa shape index (κ1) is 16.3. The van der Waals surface area contributed by atoms with E-state index in [-0.39, 0.29) is 12.5 Å². The third-order valence-corrected chi connectivity index (χ3v) is 4.20. The number of carboxylic acid groups (broad SMARTS) is 1. The molecule has 1 fully saturated rings. The molecule has 2 aromatic rings. The number of aryl methyl sites for hydroxylation is 1. The van der Waals surface area contributed by atoms with Gasteiger partial charge in [-0.3, -0.25) is 0 Å². The number of benzene rings is 1. The van der Waals surface area contributed by atoms with E-state index in [2.05, 4.69) is 5.32 Å². The highest BCUT2D eigenvalue weighted by Gasteiger charge is 2.25. The molecule has 1 saturated heterocycles. The second kappa shape index (κ2) is 6.92. The van der Waals surface area contributed by atoms with Gasteiger partial charge < -0.3 is 24.5 Å². The molecule has 1 aromatic carbocycles. The molecule has 7 nitrogen and oxygen atoms in total. The first-order valence-electron chi connectivity index (χ1n) is 7.88. The summed E-state index contributed by atoms with van der Waals surface area (Å²) in [4.78, 5) is 25.4. The van der Waals surface area contributed by atoms with Crippen molar-refractivity contribution in [3.05, 3.63) is 35.6 Å². The Morgan fingerprint density at radius 1 is 1.33 bits per heavy atom. The van der Waals surface area contributed by atoms with Gasteiger partial charge in [0.05, 0.1) is 19.5 Å². The fourth-order valence-corrected chi connectivity index (χ4v) is 2.84. The number of nitrogens with zero attached hydrogens (tertiary/aromatic N) is 1. The zero-order chi connectivity index (χ0) is 17.1. The van der Waals surface area contributed by atoms with Crippen LogP contribution in [-0.2, 0) is 16.0 Å². The van der Waals surface area contributed by atoms with E-state index < -0.39 is 12.0 Å². The fraction of sp³-hybridized carbons (Fsp3) is 0.412. The molecule has 2 amide bonds. The van der Waals surface area contributed by atoms with Crippen LogP contribution in [0.5, 0.6) is 0 Å². The Morgan fingerprint density at radius 3 is 2.79 bits per heavy atom. The van der Waals surface area contributed by atoms with E-state index in [9.17, 15) is 14.7 Å². The lowest BCUT2D eigenvalue weighted by atomic mass is 10.0. The third kappa shape index (κ3) is 3.35. The molecular formula is C17H20N2O5. The zero-order valence-electron chi connectivity index (χ0n) is 13.4. The minimum absolute atomic E-state index is 0.169. The van der Waals surface area contributed by atoms with E-state index in [1.165, 1.54) is 0 Å². The maximum Gasteiger partial charge on any atom is 0.326 e. The van der Waals surface area contributed by atoms with Crippen LogP contribution in [-0.4, -0.2) is 54.4 Å². The van der Waals surface area contributed by atoms with Crippen molar-refractivity contribution in [3.8, 4) is 0 Å². The quantitative estimate of drug-likeness (QED) is 0.890. The number of fused-ring (bicyclic) bond motifs is 1. The first-order valence-corrected chi connectivity index (χ1v) is 7.88. The van der Waals surface area contributed by atoms with Crippen LogP contribution in [0.2, 0.25) is 0 Å². The molecule has 1 aliphatic heterocycles. The number of nitrogens with one attached hydrogen (secondary N) is 1. The van der Waals surface area contributed by atoms with Gasteiger partial charge in [0.1, 0.15) is 11.6 Å². The van der Waals surface area contributed by atoms with Gasteiger partial charge in [-0.05, 0) is 12.5 Å². The molecular weight excluding hydrogens is 312 g/mol. The number of amides is 2. The molecule has 1 unspecified atom stereocenters. The minimum Gasteiger partial charge on any atom is -0.480 e. The molecule has 0 saturated carbocycles. The average Bonchev–Trinajstić information content (AvgIpc) is 2.99. The molecule has 24 heavy (non-hydrogen) atoms. The average molecular weight is 332 g/mol. The molecule has 128 valence electrons. The van der Waals surface area contributed by atoms with Crippen LogP contribution in [0.3, 0.4) is 0 Å². The Labute approximate surface area is 139 Å². The van der Waals surface area contributed by atoms with Crippen LogP contribution in [0.25, 0.3) is 11.0 Å². The number of ether oxygens (including phenoxy) is 1. The van der Waals surface area contributed by atoms with Gasteiger partial charge in [0.15, 0.2) is 0 Å². The van der Waals surface area contributed by atoms with E-state index >= 15 is 0 Å². The van der Waals surface area contributed by atoms with Gasteiger partial charge in [0, 0.05) is 30.5 Å². The Morgan fingerprint density at radius 2 is 2.08 bits per heavy atom. The van der Waals surface area contributed by atoms with Gasteiger partial charge in [0.2, 0.25) is 0 Å². The lowest BCUT2D eigenvalue weighted by molar-refractivity contribution is -0.139. The Balaban J connectivity index is 1.74. The molecule has 0 radical (unpaired) electrons. The number of carboxylic acids is 1. The van der Waals surface area contributed by atoms with Crippen molar-refractivity contribution in [1.82, 2.24) is 10.2 Å². The predicted octanol–water partition coefficient (Wildman–Crippen LogP) is 1.78. The monoisotopic (exact) mass is 332 g/mol. The number of carbonyl (C=O) groups excluding carboxylic acids is 1. The number of hydrogen-bond donors (Lipinski definition) is 2. The maximum atomic E-state index is 12.2. The summed E-state index contributed by atoms with van der Waals surface area (Å²) in [6, 6.07) is 4.34. The fourth-order valence-electron chi connectivity index (χ4n) is 2.84. The molecule has 1 aromatic heterocycles. The topological polar surface area (TPSA) is 92.0 Å². The maximum absolute atomic E-state index is 12.2. The molecule has 1 atom stereocenters. The predicted molar refractivity (Wildman–Crippen MR) is 87.0 cm³/mol. The molecule has 7 heteroatoms. The van der Waals surface area contributed by atoms with Gasteiger partial charge in [-0.1, -0.05) is 18.2 Å². The van der Waals surface area contributed by atoms with E-state index in [0.29, 0.717) is 26.3 Å². The first-order chi connectivity index (χ1) is 11.6. The van der Waals surface area contributed by atoms with Crippen LogP contribution >= 0.6 is 0 Å². The number of hydrogen-bond acceptors (Lipinski definition) is 4. The smallest absolute Gasteiger partial charge is 0.326 e. The standard InChI is InChI=1S/C17H20N2O5/c1-11-3-2-4-13-12(10-24-15(11)13)9-14(16(20)21)18-17(22)19-5-7-23-8-6-19/h2-4,10,14H,5-9H2,1H3,(H,18,22)(H,20,21). The summed E-state index contributed by atoms with van der Waals surface area (Å²) in [6.45, 7) is 3.80. The molecule has 0 bridgehead atoms. The van der Waals surface area contributed by atoms with Gasteiger partial charge in [0.25, 0.3) is 0 Å². The Bertz CT molecular complexity index is 749. The van der Waals surface area contributed by atoms with Crippen molar-refractivity contribution in [2.75, 3.05) is 26.3 Å². The molecule has 0 spiro atoms. The number of para-hydroxylation sites is 1. The molecule has 0 aliphatic carbocycles. The van der Waals surface area contributed by atoms with E-state index in [1.54, 1.807) is 11.2 Å². The number of aliphatic carboxylic acids is 1. The number of furan rings is 1. The molecule has 2 N–H and O–H groups in total. The molecule has 3 rings (SSSR count). The van der Waals surface area contributed by atoms with Gasteiger partial charge in [-0.25, -0.2) is 9.59 Å². The third-order valence-electron chi connectivity index (χ3n) is 4.20. The number of carbonyl (C=O) groups is 2. The number of urea groups is 1. The lowest BCUT2D eigenvalue weighted by Crippen LogP contribution is -2.51. The number of rotatable bonds is 4. The summed E-state index contributed by atoms with van der Waals surface area (Å²) in [7, 11) is 0. The van der Waals surface area contributed by atoms with E-state index in [1.807, 2.05) is 25.1 Å². The van der Waals surface area contributed by atoms with Crippen LogP contribution in [0.4, 0.5) is 4.79 Å². The lowest BCUT2D eigenvalue weighted by Gasteiger charge is -2.28. The van der Waals surface area contributed by atoms with Crippen LogP contribution in [0.15, 0.2) is 28.9 Å². The summed E-state index contributed by atoms with van der Waals surface area (Å²) in [5.41, 5.74) is 2.50. The van der Waals surface area contributed by atoms with Crippen molar-refractivity contribution >= 4 is 23.0 Å². The van der Waals surface area contributed by atoms with Crippen molar-refractivity contribution in [2.24, 2.45) is 0 Å². The van der Waals surface area contributed by atoms with Crippen LogP contribution in [0, 0.1) is 6.92 Å². The van der Waals surface area contributed by atoms with Crippen LogP contribution in [0.1, 0.15) is 11.1 Å². The van der Waals surface area contributed by atoms with Gasteiger partial charge >= 0.3 is 12.0 Å². The molecule has 1 aliphatic rings. The molecule has 2 heterocycles. The van der Waals surface area contributed by atoms with Crippen molar-refractivity contribution < 1.29 is 23.8 Å². The highest BCUT2D eigenvalue weighted by Crippen LogP contribution is 2.25. The summed E-state index contributed by atoms with van der Waals surface area (Å²) in [5.74, 6) is -1.07. The zero-order valence-corrected chi connectivity index (χ0v) is 13.4. The van der Waals surface area contributed by atoms with E-state index in [4.69, 9.17) is 9.15 Å². The summed E-state index contributed by atoms with van der Waals surface area (Å²) >= 11 is 0. The van der Waals surface area contributed by atoms with Crippen molar-refractivity contribution in [2.45, 2.75) is 19.4 Å². The van der Waals surface area contributed by atoms with Gasteiger partial charge in [-0.15, -0.1) is 0 Å².